The zero-order chi connectivity index (χ0) is 19.6. The first kappa shape index (κ1) is 20.2. The average molecular weight is 411 g/mol. The van der Waals surface area contributed by atoms with Gasteiger partial charge in [0.05, 0.1) is 24.8 Å². The van der Waals surface area contributed by atoms with Crippen molar-refractivity contribution in [2.75, 3.05) is 31.8 Å². The Bertz CT molecular complexity index is 965. The van der Waals surface area contributed by atoms with E-state index in [1.807, 2.05) is 42.8 Å². The maximum atomic E-state index is 11.9. The fourth-order valence-corrected chi connectivity index (χ4v) is 5.40. The second kappa shape index (κ2) is 8.22. The second-order valence-electron chi connectivity index (χ2n) is 6.98. The lowest BCUT2D eigenvalue weighted by atomic mass is 10.1. The van der Waals surface area contributed by atoms with Gasteiger partial charge in [0, 0.05) is 32.3 Å². The molecule has 3 rings (SSSR count). The van der Waals surface area contributed by atoms with Gasteiger partial charge in [0.15, 0.2) is 20.4 Å². The predicted octanol–water partition coefficient (Wildman–Crippen LogP) is 2.02. The van der Waals surface area contributed by atoms with Gasteiger partial charge >= 0.3 is 0 Å². The van der Waals surface area contributed by atoms with Crippen LogP contribution < -0.4 is 0 Å². The number of benzene rings is 1. The first-order valence-electron chi connectivity index (χ1n) is 8.95. The Labute approximate surface area is 165 Å². The molecule has 27 heavy (non-hydrogen) atoms. The molecule has 0 N–H and O–H groups in total. The van der Waals surface area contributed by atoms with E-state index in [1.54, 1.807) is 11.8 Å². The SMILES string of the molecule is COCCN(Cn1nc(-c2ccccc2C)n(C)c1=S)[C@@H]1CCS(=O)(=O)C1. The molecule has 0 unspecified atom stereocenters. The van der Waals surface area contributed by atoms with Crippen LogP contribution in [0.5, 0.6) is 0 Å². The number of sulfone groups is 1. The number of nitrogens with zero attached hydrogens (tertiary/aromatic N) is 4. The van der Waals surface area contributed by atoms with Gasteiger partial charge in [0.2, 0.25) is 0 Å². The highest BCUT2D eigenvalue weighted by Crippen LogP contribution is 2.23. The van der Waals surface area contributed by atoms with Crippen LogP contribution >= 0.6 is 12.2 Å². The molecule has 0 bridgehead atoms. The summed E-state index contributed by atoms with van der Waals surface area (Å²) in [6, 6.07) is 8.03. The molecule has 2 heterocycles. The Morgan fingerprint density at radius 1 is 1.37 bits per heavy atom. The van der Waals surface area contributed by atoms with Crippen molar-refractivity contribution in [1.82, 2.24) is 19.2 Å². The molecule has 9 heteroatoms. The van der Waals surface area contributed by atoms with Gasteiger partial charge in [-0.3, -0.25) is 4.90 Å². The molecule has 1 aliphatic heterocycles. The number of hydrogen-bond donors (Lipinski definition) is 0. The van der Waals surface area contributed by atoms with Gasteiger partial charge in [-0.2, -0.15) is 5.10 Å². The molecule has 148 valence electrons. The highest BCUT2D eigenvalue weighted by Gasteiger charge is 2.32. The smallest absolute Gasteiger partial charge is 0.199 e. The third-order valence-corrected chi connectivity index (χ3v) is 7.28. The first-order chi connectivity index (χ1) is 12.8. The summed E-state index contributed by atoms with van der Waals surface area (Å²) >= 11 is 5.60. The van der Waals surface area contributed by atoms with Gasteiger partial charge in [-0.05, 0) is 31.1 Å². The summed E-state index contributed by atoms with van der Waals surface area (Å²) in [5.41, 5.74) is 2.17. The number of rotatable bonds is 7. The lowest BCUT2D eigenvalue weighted by molar-refractivity contribution is 0.0980. The van der Waals surface area contributed by atoms with Crippen LogP contribution in [0.2, 0.25) is 0 Å². The molecule has 1 aromatic heterocycles. The van der Waals surface area contributed by atoms with Crippen LogP contribution in [0.25, 0.3) is 11.4 Å². The summed E-state index contributed by atoms with van der Waals surface area (Å²) in [5, 5.41) is 4.74. The van der Waals surface area contributed by atoms with Gasteiger partial charge in [0.1, 0.15) is 0 Å². The van der Waals surface area contributed by atoms with Gasteiger partial charge in [-0.15, -0.1) is 0 Å². The van der Waals surface area contributed by atoms with E-state index in [0.29, 0.717) is 31.0 Å². The average Bonchev–Trinajstić information content (AvgIpc) is 3.13. The molecular weight excluding hydrogens is 384 g/mol. The van der Waals surface area contributed by atoms with E-state index in [0.717, 1.165) is 17.0 Å². The summed E-state index contributed by atoms with van der Waals surface area (Å²) in [7, 11) is 0.592. The molecule has 1 atom stereocenters. The molecule has 0 radical (unpaired) electrons. The Morgan fingerprint density at radius 2 is 2.11 bits per heavy atom. The minimum atomic E-state index is -2.96. The van der Waals surface area contributed by atoms with Crippen molar-refractivity contribution in [3.8, 4) is 11.4 Å². The molecular formula is C18H26N4O3S2. The molecule has 1 saturated heterocycles. The van der Waals surface area contributed by atoms with Crippen molar-refractivity contribution in [2.24, 2.45) is 7.05 Å². The van der Waals surface area contributed by atoms with Crippen LogP contribution in [0.1, 0.15) is 12.0 Å². The van der Waals surface area contributed by atoms with Gasteiger partial charge in [0.25, 0.3) is 0 Å². The minimum Gasteiger partial charge on any atom is -0.383 e. The summed E-state index contributed by atoms with van der Waals surface area (Å²) < 4.78 is 33.3. The van der Waals surface area contributed by atoms with Crippen LogP contribution in [-0.4, -0.2) is 65.5 Å². The number of aromatic nitrogens is 3. The fourth-order valence-electron chi connectivity index (χ4n) is 3.45. The molecule has 0 saturated carbocycles. The molecule has 1 fully saturated rings. The standard InChI is InChI=1S/C18H26N4O3S2/c1-14-6-4-5-7-16(14)17-19-22(18(26)20(17)2)13-21(9-10-25-3)15-8-11-27(23,24)12-15/h4-7,15H,8-13H2,1-3H3/t15-/m1/s1. The molecule has 1 aliphatic rings. The predicted molar refractivity (Wildman–Crippen MR) is 108 cm³/mol. The van der Waals surface area contributed by atoms with E-state index in [-0.39, 0.29) is 17.5 Å². The van der Waals surface area contributed by atoms with E-state index in [9.17, 15) is 8.42 Å². The van der Waals surface area contributed by atoms with E-state index in [1.165, 1.54) is 0 Å². The molecule has 0 aliphatic carbocycles. The highest BCUT2D eigenvalue weighted by molar-refractivity contribution is 7.91. The van der Waals surface area contributed by atoms with Crippen LogP contribution in [-0.2, 0) is 28.3 Å². The van der Waals surface area contributed by atoms with Crippen molar-refractivity contribution >= 4 is 22.1 Å². The summed E-state index contributed by atoms with van der Waals surface area (Å²) in [4.78, 5) is 2.11. The topological polar surface area (TPSA) is 69.4 Å². The number of ether oxygens (including phenoxy) is 1. The van der Waals surface area contributed by atoms with Gasteiger partial charge in [-0.1, -0.05) is 24.3 Å². The van der Waals surface area contributed by atoms with Crippen molar-refractivity contribution in [1.29, 1.82) is 0 Å². The zero-order valence-corrected chi connectivity index (χ0v) is 17.6. The molecule has 7 nitrogen and oxygen atoms in total. The Hall–Kier alpha value is -1.55. The minimum absolute atomic E-state index is 0.0315. The van der Waals surface area contributed by atoms with Gasteiger partial charge in [-0.25, -0.2) is 13.1 Å². The van der Waals surface area contributed by atoms with Crippen molar-refractivity contribution in [3.05, 3.63) is 34.6 Å². The van der Waals surface area contributed by atoms with E-state index < -0.39 is 9.84 Å². The monoisotopic (exact) mass is 410 g/mol. The maximum Gasteiger partial charge on any atom is 0.199 e. The third kappa shape index (κ3) is 4.48. The summed E-state index contributed by atoms with van der Waals surface area (Å²) in [6.07, 6.45) is 0.636. The van der Waals surface area contributed by atoms with Crippen molar-refractivity contribution in [3.63, 3.8) is 0 Å². The zero-order valence-electron chi connectivity index (χ0n) is 16.0. The normalized spacial score (nSPS) is 19.0. The fraction of sp³-hybridized carbons (Fsp3) is 0.556. The largest absolute Gasteiger partial charge is 0.383 e. The van der Waals surface area contributed by atoms with Gasteiger partial charge < -0.3 is 9.30 Å². The van der Waals surface area contributed by atoms with Crippen LogP contribution in [0.15, 0.2) is 24.3 Å². The maximum absolute atomic E-state index is 11.9. The third-order valence-electron chi connectivity index (χ3n) is 5.05. The van der Waals surface area contributed by atoms with E-state index >= 15 is 0 Å². The lowest BCUT2D eigenvalue weighted by Gasteiger charge is -2.27. The number of hydrogen-bond acceptors (Lipinski definition) is 6. The molecule has 1 aromatic carbocycles. The Morgan fingerprint density at radius 3 is 2.74 bits per heavy atom. The van der Waals surface area contributed by atoms with E-state index in [4.69, 9.17) is 22.1 Å². The Kier molecular flexibility index (Phi) is 6.15. The van der Waals surface area contributed by atoms with Crippen LogP contribution in [0.3, 0.4) is 0 Å². The summed E-state index contributed by atoms with van der Waals surface area (Å²) in [6.45, 7) is 3.66. The van der Waals surface area contributed by atoms with E-state index in [2.05, 4.69) is 4.90 Å². The van der Waals surface area contributed by atoms with Crippen molar-refractivity contribution < 1.29 is 13.2 Å². The summed E-state index contributed by atoms with van der Waals surface area (Å²) in [5.74, 6) is 1.23. The van der Waals surface area contributed by atoms with Crippen LogP contribution in [0.4, 0.5) is 0 Å². The lowest BCUT2D eigenvalue weighted by Crippen LogP contribution is -2.40. The van der Waals surface area contributed by atoms with Crippen LogP contribution in [0, 0.1) is 11.7 Å². The Balaban J connectivity index is 1.89. The second-order valence-corrected chi connectivity index (χ2v) is 9.58. The molecule has 0 amide bonds. The van der Waals surface area contributed by atoms with Crippen molar-refractivity contribution in [2.45, 2.75) is 26.1 Å². The number of aryl methyl sites for hydroxylation is 1. The first-order valence-corrected chi connectivity index (χ1v) is 11.2. The molecule has 0 spiro atoms. The highest BCUT2D eigenvalue weighted by atomic mass is 32.2. The number of methoxy groups -OCH3 is 1. The molecule has 2 aromatic rings. The quantitative estimate of drug-likeness (QED) is 0.651.